The van der Waals surface area contributed by atoms with E-state index in [2.05, 4.69) is 25.1 Å². The van der Waals surface area contributed by atoms with Crippen molar-refractivity contribution in [3.05, 3.63) is 81.3 Å². The molecule has 34 heavy (non-hydrogen) atoms. The normalized spacial score (nSPS) is 11.4. The topological polar surface area (TPSA) is 119 Å². The lowest BCUT2D eigenvalue weighted by molar-refractivity contribution is -0.143. The summed E-state index contributed by atoms with van der Waals surface area (Å²) in [5.74, 6) is -2.01. The van der Waals surface area contributed by atoms with Gasteiger partial charge in [-0.2, -0.15) is 18.3 Å². The Morgan fingerprint density at radius 3 is 2.65 bits per heavy atom. The van der Waals surface area contributed by atoms with Crippen LogP contribution in [0.2, 0.25) is 5.15 Å². The van der Waals surface area contributed by atoms with Gasteiger partial charge >= 0.3 is 12.1 Å². The molecular formula is C21H13ClF3N5O4. The first-order chi connectivity index (χ1) is 16.1. The summed E-state index contributed by atoms with van der Waals surface area (Å²) in [6, 6.07) is 7.89. The number of nitrogens with zero attached hydrogens (tertiary/aromatic N) is 3. The Labute approximate surface area is 193 Å². The van der Waals surface area contributed by atoms with Crippen molar-refractivity contribution in [1.29, 1.82) is 0 Å². The van der Waals surface area contributed by atoms with Crippen LogP contribution in [-0.2, 0) is 10.9 Å². The van der Waals surface area contributed by atoms with Gasteiger partial charge in [0.15, 0.2) is 11.4 Å². The molecule has 1 aromatic carbocycles. The first kappa shape index (κ1) is 23.0. The summed E-state index contributed by atoms with van der Waals surface area (Å²) in [4.78, 5) is 42.8. The van der Waals surface area contributed by atoms with Crippen molar-refractivity contribution in [2.24, 2.45) is 0 Å². The second-order valence-corrected chi connectivity index (χ2v) is 7.26. The number of carbonyl (C=O) groups excluding carboxylic acids is 2. The Morgan fingerprint density at radius 2 is 1.94 bits per heavy atom. The summed E-state index contributed by atoms with van der Waals surface area (Å²) < 4.78 is 47.3. The van der Waals surface area contributed by atoms with Gasteiger partial charge in [-0.25, -0.2) is 14.5 Å². The quantitative estimate of drug-likeness (QED) is 0.331. The van der Waals surface area contributed by atoms with Crippen molar-refractivity contribution in [3.8, 4) is 5.69 Å². The number of fused-ring (bicyclic) bond motifs is 1. The molecule has 0 fully saturated rings. The van der Waals surface area contributed by atoms with Gasteiger partial charge in [-0.15, -0.1) is 0 Å². The molecule has 0 bridgehead atoms. The number of H-pyrrole nitrogens is 1. The van der Waals surface area contributed by atoms with Crippen molar-refractivity contribution in [3.63, 3.8) is 0 Å². The van der Waals surface area contributed by atoms with E-state index < -0.39 is 34.9 Å². The summed E-state index contributed by atoms with van der Waals surface area (Å²) in [5.41, 5.74) is -3.02. The van der Waals surface area contributed by atoms with Gasteiger partial charge in [0.1, 0.15) is 5.15 Å². The zero-order valence-electron chi connectivity index (χ0n) is 17.1. The zero-order chi connectivity index (χ0) is 24.6. The average Bonchev–Trinajstić information content (AvgIpc) is 3.24. The highest BCUT2D eigenvalue weighted by Crippen LogP contribution is 2.35. The Hall–Kier alpha value is -4.19. The van der Waals surface area contributed by atoms with Gasteiger partial charge in [0.2, 0.25) is 0 Å². The summed E-state index contributed by atoms with van der Waals surface area (Å²) >= 11 is 5.84. The molecule has 174 valence electrons. The van der Waals surface area contributed by atoms with Crippen LogP contribution in [0.3, 0.4) is 0 Å². The number of amides is 1. The van der Waals surface area contributed by atoms with E-state index in [0.717, 1.165) is 25.4 Å². The van der Waals surface area contributed by atoms with E-state index in [4.69, 9.17) is 11.6 Å². The van der Waals surface area contributed by atoms with Gasteiger partial charge in [-0.1, -0.05) is 17.7 Å². The molecule has 0 aliphatic heterocycles. The number of nitrogens with one attached hydrogen (secondary N) is 2. The molecule has 0 aliphatic rings. The molecule has 2 N–H and O–H groups in total. The highest BCUT2D eigenvalue weighted by Gasteiger charge is 2.41. The second-order valence-electron chi connectivity index (χ2n) is 6.87. The van der Waals surface area contributed by atoms with Crippen LogP contribution in [0.4, 0.5) is 18.9 Å². The third-order valence-electron chi connectivity index (χ3n) is 4.75. The summed E-state index contributed by atoms with van der Waals surface area (Å²) in [7, 11) is 1.11. The second kappa shape index (κ2) is 8.63. The number of benzene rings is 1. The number of pyridine rings is 2. The molecular weight excluding hydrogens is 479 g/mol. The molecule has 0 unspecified atom stereocenters. The Balaban J connectivity index is 1.81. The van der Waals surface area contributed by atoms with E-state index in [9.17, 15) is 27.6 Å². The van der Waals surface area contributed by atoms with Crippen LogP contribution in [0.1, 0.15) is 26.5 Å². The van der Waals surface area contributed by atoms with Gasteiger partial charge in [0.25, 0.3) is 11.5 Å². The predicted molar refractivity (Wildman–Crippen MR) is 115 cm³/mol. The highest BCUT2D eigenvalue weighted by atomic mass is 35.5. The average molecular weight is 492 g/mol. The smallest absolute Gasteiger partial charge is 0.434 e. The highest BCUT2D eigenvalue weighted by molar-refractivity contribution is 6.30. The number of alkyl halides is 3. The number of hydrogen-bond acceptors (Lipinski definition) is 6. The van der Waals surface area contributed by atoms with Crippen LogP contribution < -0.4 is 10.9 Å². The standard InChI is InChI=1S/C21H13ClF3N5O4/c1-34-20(33)14-7-10(8-16(22)29-14)28-19(32)13-9-27-30(17(13)21(23,24)25)15-4-2-3-12-11(15)5-6-26-18(12)31/h2-9H,1H3,(H,26,31)(H,28,29,32). The van der Waals surface area contributed by atoms with Crippen LogP contribution in [0.25, 0.3) is 16.5 Å². The number of carbonyl (C=O) groups is 2. The minimum Gasteiger partial charge on any atom is -0.464 e. The van der Waals surface area contributed by atoms with E-state index in [0.29, 0.717) is 4.68 Å². The number of esters is 1. The molecule has 3 heterocycles. The number of halogens is 4. The largest absolute Gasteiger partial charge is 0.464 e. The number of aromatic amines is 1. The Morgan fingerprint density at radius 1 is 1.18 bits per heavy atom. The summed E-state index contributed by atoms with van der Waals surface area (Å²) in [6.07, 6.45) is -2.93. The van der Waals surface area contributed by atoms with E-state index in [-0.39, 0.29) is 33.0 Å². The Kier molecular flexibility index (Phi) is 5.83. The van der Waals surface area contributed by atoms with Gasteiger partial charge in [-0.05, 0) is 30.3 Å². The van der Waals surface area contributed by atoms with E-state index >= 15 is 0 Å². The minimum atomic E-state index is -4.99. The first-order valence-corrected chi connectivity index (χ1v) is 9.81. The van der Waals surface area contributed by atoms with Crippen molar-refractivity contribution >= 4 is 39.9 Å². The molecule has 4 rings (SSSR count). The summed E-state index contributed by atoms with van der Waals surface area (Å²) in [6.45, 7) is 0. The van der Waals surface area contributed by atoms with Crippen LogP contribution >= 0.6 is 11.6 Å². The molecule has 0 saturated carbocycles. The van der Waals surface area contributed by atoms with E-state index in [1.54, 1.807) is 0 Å². The van der Waals surface area contributed by atoms with Gasteiger partial charge in [0, 0.05) is 22.7 Å². The number of anilines is 1. The molecule has 0 aliphatic carbocycles. The molecule has 9 nitrogen and oxygen atoms in total. The predicted octanol–water partition coefficient (Wildman–Crippen LogP) is 3.82. The summed E-state index contributed by atoms with van der Waals surface area (Å²) in [5, 5.41) is 6.21. The maximum Gasteiger partial charge on any atom is 0.434 e. The van der Waals surface area contributed by atoms with Gasteiger partial charge in [-0.3, -0.25) is 9.59 Å². The number of methoxy groups -OCH3 is 1. The fourth-order valence-electron chi connectivity index (χ4n) is 3.34. The fourth-order valence-corrected chi connectivity index (χ4v) is 3.54. The van der Waals surface area contributed by atoms with Crippen LogP contribution in [0, 0.1) is 0 Å². The van der Waals surface area contributed by atoms with E-state index in [1.165, 1.54) is 30.5 Å². The third-order valence-corrected chi connectivity index (χ3v) is 4.94. The lowest BCUT2D eigenvalue weighted by Crippen LogP contribution is -2.21. The van der Waals surface area contributed by atoms with Crippen LogP contribution in [-0.4, -0.2) is 38.7 Å². The van der Waals surface area contributed by atoms with Gasteiger partial charge in [0.05, 0.1) is 24.6 Å². The Bertz CT molecular complexity index is 1500. The van der Waals surface area contributed by atoms with E-state index in [1.807, 2.05) is 0 Å². The monoisotopic (exact) mass is 491 g/mol. The number of ether oxygens (including phenoxy) is 1. The molecule has 4 aromatic rings. The number of aromatic nitrogens is 4. The SMILES string of the molecule is COC(=O)c1cc(NC(=O)c2cnn(-c3cccc4c(=O)[nH]ccc34)c2C(F)(F)F)cc(Cl)n1. The first-order valence-electron chi connectivity index (χ1n) is 9.43. The molecule has 0 spiro atoms. The maximum atomic E-state index is 14.1. The lowest BCUT2D eigenvalue weighted by Gasteiger charge is -2.14. The van der Waals surface area contributed by atoms with Crippen LogP contribution in [0.5, 0.6) is 0 Å². The molecule has 0 atom stereocenters. The third kappa shape index (κ3) is 4.22. The molecule has 0 saturated heterocycles. The fraction of sp³-hybridized carbons (Fsp3) is 0.0952. The lowest BCUT2D eigenvalue weighted by atomic mass is 10.1. The molecule has 3 aromatic heterocycles. The molecule has 13 heteroatoms. The van der Waals surface area contributed by atoms with Crippen molar-refractivity contribution in [2.75, 3.05) is 12.4 Å². The number of hydrogen-bond donors (Lipinski definition) is 2. The molecule has 1 amide bonds. The minimum absolute atomic E-state index is 0.0464. The zero-order valence-corrected chi connectivity index (χ0v) is 17.9. The maximum absolute atomic E-state index is 14.1. The van der Waals surface area contributed by atoms with Crippen molar-refractivity contribution in [2.45, 2.75) is 6.18 Å². The van der Waals surface area contributed by atoms with Gasteiger partial charge < -0.3 is 15.0 Å². The van der Waals surface area contributed by atoms with Crippen LogP contribution in [0.15, 0.2) is 53.6 Å². The van der Waals surface area contributed by atoms with Crippen molar-refractivity contribution < 1.29 is 27.5 Å². The number of rotatable bonds is 4. The molecule has 0 radical (unpaired) electrons. The van der Waals surface area contributed by atoms with Crippen molar-refractivity contribution in [1.82, 2.24) is 19.7 Å².